The molecule has 0 fully saturated rings. The van der Waals surface area contributed by atoms with Gasteiger partial charge in [0, 0.05) is 33.6 Å². The molecular formula is C33H26BrN3O4. The predicted octanol–water partition coefficient (Wildman–Crippen LogP) is 7.11. The number of benzene rings is 3. The van der Waals surface area contributed by atoms with Crippen molar-refractivity contribution in [2.45, 2.75) is 32.1 Å². The van der Waals surface area contributed by atoms with Crippen LogP contribution in [0.5, 0.6) is 5.75 Å². The Hall–Kier alpha value is -4.56. The van der Waals surface area contributed by atoms with E-state index in [0.717, 1.165) is 33.0 Å². The van der Waals surface area contributed by atoms with Crippen LogP contribution in [0.3, 0.4) is 0 Å². The predicted molar refractivity (Wildman–Crippen MR) is 160 cm³/mol. The highest BCUT2D eigenvalue weighted by Crippen LogP contribution is 2.33. The standard InChI is InChI=1S/C33H26BrN3O4/c1-20-28-25(36-37-32(38)29(21-10-4-2-5-11-21)22-12-6-3-7-13-22)15-8-16-26(28)40-31(20)33(39)41-27-18-17-24(34)23-14-9-19-35-30(23)27/h2-7,9-14,17-19,29H,8,15-16H2,1H3,(H,37,38)/b36-25+. The summed E-state index contributed by atoms with van der Waals surface area (Å²) in [5.74, 6) is -0.239. The maximum Gasteiger partial charge on any atom is 0.380 e. The summed E-state index contributed by atoms with van der Waals surface area (Å²) in [6, 6.07) is 26.5. The van der Waals surface area contributed by atoms with Gasteiger partial charge in [0.15, 0.2) is 5.75 Å². The molecule has 1 aliphatic rings. The minimum absolute atomic E-state index is 0.120. The average Bonchev–Trinajstić information content (AvgIpc) is 3.36. The summed E-state index contributed by atoms with van der Waals surface area (Å²) >= 11 is 3.52. The molecule has 0 unspecified atom stereocenters. The molecule has 3 aromatic carbocycles. The third-order valence-corrected chi connectivity index (χ3v) is 7.91. The van der Waals surface area contributed by atoms with Gasteiger partial charge in [-0.05, 0) is 49.1 Å². The van der Waals surface area contributed by atoms with E-state index in [-0.39, 0.29) is 11.7 Å². The van der Waals surface area contributed by atoms with E-state index in [1.807, 2.05) is 85.8 Å². The lowest BCUT2D eigenvalue weighted by Crippen LogP contribution is -2.28. The number of hydrogen-bond acceptors (Lipinski definition) is 6. The maximum atomic E-state index is 13.5. The number of nitrogens with one attached hydrogen (secondary N) is 1. The molecule has 5 aromatic rings. The summed E-state index contributed by atoms with van der Waals surface area (Å²) in [6.45, 7) is 1.82. The van der Waals surface area contributed by atoms with Crippen LogP contribution >= 0.6 is 15.9 Å². The second-order valence-corrected chi connectivity index (χ2v) is 10.7. The quantitative estimate of drug-likeness (QED) is 0.126. The first-order chi connectivity index (χ1) is 20.0. The molecule has 0 saturated carbocycles. The number of ether oxygens (including phenoxy) is 1. The van der Waals surface area contributed by atoms with Gasteiger partial charge in [-0.15, -0.1) is 0 Å². The summed E-state index contributed by atoms with van der Waals surface area (Å²) in [5.41, 5.74) is 7.18. The van der Waals surface area contributed by atoms with E-state index in [0.29, 0.717) is 41.1 Å². The lowest BCUT2D eigenvalue weighted by atomic mass is 9.91. The normalized spacial score (nSPS) is 13.8. The van der Waals surface area contributed by atoms with Crippen LogP contribution in [0, 0.1) is 6.92 Å². The number of halogens is 1. The molecule has 1 N–H and O–H groups in total. The number of aryl methyl sites for hydroxylation is 1. The Kier molecular flexibility index (Phi) is 7.48. The van der Waals surface area contributed by atoms with Gasteiger partial charge in [-0.3, -0.25) is 9.78 Å². The van der Waals surface area contributed by atoms with Crippen LogP contribution in [0.2, 0.25) is 0 Å². The van der Waals surface area contributed by atoms with Gasteiger partial charge in [0.05, 0.1) is 11.6 Å². The van der Waals surface area contributed by atoms with Crippen molar-refractivity contribution in [2.24, 2.45) is 5.10 Å². The molecular weight excluding hydrogens is 582 g/mol. The Morgan fingerprint density at radius 2 is 1.66 bits per heavy atom. The molecule has 2 aromatic heterocycles. The van der Waals surface area contributed by atoms with Crippen molar-refractivity contribution in [1.82, 2.24) is 10.4 Å². The van der Waals surface area contributed by atoms with Gasteiger partial charge in [-0.25, -0.2) is 10.2 Å². The van der Waals surface area contributed by atoms with Crippen LogP contribution in [0.15, 0.2) is 105 Å². The molecule has 1 aliphatic carbocycles. The first-order valence-corrected chi connectivity index (χ1v) is 14.1. The molecule has 2 heterocycles. The number of rotatable bonds is 6. The molecule has 0 aliphatic heterocycles. The second-order valence-electron chi connectivity index (χ2n) is 9.83. The van der Waals surface area contributed by atoms with Gasteiger partial charge in [0.2, 0.25) is 5.76 Å². The van der Waals surface area contributed by atoms with Crippen LogP contribution in [-0.2, 0) is 11.2 Å². The first kappa shape index (κ1) is 26.7. The maximum absolute atomic E-state index is 13.5. The molecule has 0 spiro atoms. The Morgan fingerprint density at radius 1 is 0.951 bits per heavy atom. The Bertz CT molecular complexity index is 1740. The summed E-state index contributed by atoms with van der Waals surface area (Å²) in [7, 11) is 0. The van der Waals surface area contributed by atoms with Crippen molar-refractivity contribution in [1.29, 1.82) is 0 Å². The lowest BCUT2D eigenvalue weighted by Gasteiger charge is -2.18. The number of carbonyl (C=O) groups excluding carboxylic acids is 2. The summed E-state index contributed by atoms with van der Waals surface area (Å²) in [4.78, 5) is 31.2. The number of pyridine rings is 1. The smallest absolute Gasteiger partial charge is 0.380 e. The Labute approximate surface area is 245 Å². The highest BCUT2D eigenvalue weighted by molar-refractivity contribution is 9.10. The van der Waals surface area contributed by atoms with Gasteiger partial charge in [0.25, 0.3) is 5.91 Å². The number of nitrogens with zero attached hydrogens (tertiary/aromatic N) is 2. The summed E-state index contributed by atoms with van der Waals surface area (Å²) < 4.78 is 12.7. The van der Waals surface area contributed by atoms with Crippen molar-refractivity contribution < 1.29 is 18.7 Å². The third-order valence-electron chi connectivity index (χ3n) is 7.22. The van der Waals surface area contributed by atoms with Gasteiger partial charge in [-0.1, -0.05) is 82.7 Å². The molecule has 204 valence electrons. The van der Waals surface area contributed by atoms with Crippen LogP contribution in [0.4, 0.5) is 0 Å². The first-order valence-electron chi connectivity index (χ1n) is 13.4. The van der Waals surface area contributed by atoms with Crippen molar-refractivity contribution in [3.8, 4) is 5.75 Å². The SMILES string of the molecule is Cc1c(C(=O)Oc2ccc(Br)c3cccnc23)oc2c1/C(=N/NC(=O)C(c1ccccc1)c1ccccc1)CCC2. The summed E-state index contributed by atoms with van der Waals surface area (Å²) in [6.07, 6.45) is 3.74. The van der Waals surface area contributed by atoms with Gasteiger partial charge in [0.1, 0.15) is 11.3 Å². The van der Waals surface area contributed by atoms with Crippen molar-refractivity contribution in [3.05, 3.63) is 129 Å². The largest absolute Gasteiger partial charge is 0.453 e. The fourth-order valence-electron chi connectivity index (χ4n) is 5.29. The lowest BCUT2D eigenvalue weighted by molar-refractivity contribution is -0.121. The minimum Gasteiger partial charge on any atom is -0.453 e. The monoisotopic (exact) mass is 607 g/mol. The number of hydrazone groups is 1. The molecule has 41 heavy (non-hydrogen) atoms. The molecule has 7 nitrogen and oxygen atoms in total. The van der Waals surface area contributed by atoms with E-state index in [4.69, 9.17) is 9.15 Å². The number of fused-ring (bicyclic) bond motifs is 2. The number of amides is 1. The Morgan fingerprint density at radius 3 is 2.37 bits per heavy atom. The second kappa shape index (κ2) is 11.5. The van der Waals surface area contributed by atoms with Gasteiger partial charge in [-0.2, -0.15) is 5.10 Å². The van der Waals surface area contributed by atoms with Crippen LogP contribution < -0.4 is 10.2 Å². The Balaban J connectivity index is 1.27. The van der Waals surface area contributed by atoms with E-state index < -0.39 is 11.9 Å². The number of furan rings is 1. The van der Waals surface area contributed by atoms with Crippen molar-refractivity contribution in [2.75, 3.05) is 0 Å². The number of aromatic nitrogens is 1. The fourth-order valence-corrected chi connectivity index (χ4v) is 5.74. The number of esters is 1. The third kappa shape index (κ3) is 5.30. The van der Waals surface area contributed by atoms with E-state index in [1.54, 1.807) is 12.3 Å². The van der Waals surface area contributed by atoms with E-state index in [9.17, 15) is 9.59 Å². The van der Waals surface area contributed by atoms with Crippen LogP contribution in [-0.4, -0.2) is 22.6 Å². The molecule has 6 rings (SSSR count). The van der Waals surface area contributed by atoms with Gasteiger partial charge >= 0.3 is 5.97 Å². The molecule has 0 bridgehead atoms. The summed E-state index contributed by atoms with van der Waals surface area (Å²) in [5, 5.41) is 5.39. The van der Waals surface area contributed by atoms with Crippen LogP contribution in [0.1, 0.15) is 57.3 Å². The fraction of sp³-hybridized carbons (Fsp3) is 0.152. The van der Waals surface area contributed by atoms with Crippen LogP contribution in [0.25, 0.3) is 10.9 Å². The van der Waals surface area contributed by atoms with Crippen molar-refractivity contribution in [3.63, 3.8) is 0 Å². The minimum atomic E-state index is -0.609. The van der Waals surface area contributed by atoms with E-state index in [1.165, 1.54) is 0 Å². The van der Waals surface area contributed by atoms with Crippen molar-refractivity contribution >= 4 is 44.4 Å². The molecule has 1 amide bonds. The highest BCUT2D eigenvalue weighted by Gasteiger charge is 2.30. The zero-order chi connectivity index (χ0) is 28.3. The molecule has 0 saturated heterocycles. The topological polar surface area (TPSA) is 93.8 Å². The molecule has 0 radical (unpaired) electrons. The zero-order valence-corrected chi connectivity index (χ0v) is 23.9. The zero-order valence-electron chi connectivity index (χ0n) is 22.3. The molecule has 0 atom stereocenters. The molecule has 8 heteroatoms. The highest BCUT2D eigenvalue weighted by atomic mass is 79.9. The van der Waals surface area contributed by atoms with E-state index in [2.05, 4.69) is 31.4 Å². The van der Waals surface area contributed by atoms with E-state index >= 15 is 0 Å². The number of hydrogen-bond donors (Lipinski definition) is 1. The average molecular weight is 608 g/mol. The van der Waals surface area contributed by atoms with Gasteiger partial charge < -0.3 is 9.15 Å². The number of carbonyl (C=O) groups is 2.